The summed E-state index contributed by atoms with van der Waals surface area (Å²) in [5.41, 5.74) is 4.20. The molecule has 124 valence electrons. The molecule has 0 aliphatic carbocycles. The van der Waals surface area contributed by atoms with Crippen LogP contribution in [-0.4, -0.2) is 9.78 Å². The van der Waals surface area contributed by atoms with Gasteiger partial charge in [0.1, 0.15) is 11.5 Å². The van der Waals surface area contributed by atoms with Crippen molar-refractivity contribution in [1.29, 1.82) is 0 Å². The molecule has 0 bridgehead atoms. The van der Waals surface area contributed by atoms with Crippen LogP contribution < -0.4 is 5.73 Å². The van der Waals surface area contributed by atoms with Crippen molar-refractivity contribution < 1.29 is 17.6 Å². The van der Waals surface area contributed by atoms with Crippen LogP contribution in [-0.2, 0) is 6.18 Å². The van der Waals surface area contributed by atoms with Crippen LogP contribution in [0.4, 0.5) is 23.2 Å². The van der Waals surface area contributed by atoms with E-state index in [4.69, 9.17) is 17.3 Å². The Bertz CT molecular complexity index is 903. The van der Waals surface area contributed by atoms with E-state index in [9.17, 15) is 17.6 Å². The summed E-state index contributed by atoms with van der Waals surface area (Å²) in [5.74, 6) is -0.862. The fraction of sp³-hybridized carbons (Fsp3) is 0.0625. The Morgan fingerprint density at radius 1 is 1.08 bits per heavy atom. The summed E-state index contributed by atoms with van der Waals surface area (Å²) >= 11 is 6.09. The van der Waals surface area contributed by atoms with Crippen molar-refractivity contribution in [2.24, 2.45) is 0 Å². The summed E-state index contributed by atoms with van der Waals surface area (Å²) in [6.45, 7) is 0. The lowest BCUT2D eigenvalue weighted by Gasteiger charge is -2.13. The van der Waals surface area contributed by atoms with Crippen LogP contribution in [0.5, 0.6) is 0 Å². The average molecular weight is 356 g/mol. The molecule has 0 atom stereocenters. The number of nitrogen functional groups attached to an aromatic ring is 1. The highest BCUT2D eigenvalue weighted by Crippen LogP contribution is 2.36. The molecule has 2 aromatic carbocycles. The van der Waals surface area contributed by atoms with Crippen molar-refractivity contribution in [2.75, 3.05) is 5.73 Å². The minimum absolute atomic E-state index is 0.364. The van der Waals surface area contributed by atoms with Gasteiger partial charge in [-0.15, -0.1) is 0 Å². The van der Waals surface area contributed by atoms with Crippen LogP contribution in [0.1, 0.15) is 5.69 Å². The Morgan fingerprint density at radius 3 is 2.46 bits per heavy atom. The molecule has 8 heteroatoms. The van der Waals surface area contributed by atoms with E-state index in [1.165, 1.54) is 12.1 Å². The summed E-state index contributed by atoms with van der Waals surface area (Å²) in [4.78, 5) is 0. The third-order valence-electron chi connectivity index (χ3n) is 3.43. The van der Waals surface area contributed by atoms with Crippen molar-refractivity contribution in [2.45, 2.75) is 6.18 Å². The summed E-state index contributed by atoms with van der Waals surface area (Å²) in [5, 5.41) is 3.96. The van der Waals surface area contributed by atoms with Gasteiger partial charge in [0.05, 0.1) is 11.9 Å². The zero-order valence-corrected chi connectivity index (χ0v) is 12.7. The van der Waals surface area contributed by atoms with Crippen molar-refractivity contribution in [3.63, 3.8) is 0 Å². The van der Waals surface area contributed by atoms with Gasteiger partial charge in [-0.05, 0) is 23.8 Å². The Kier molecular flexibility index (Phi) is 3.96. The lowest BCUT2D eigenvalue weighted by atomic mass is 10.0. The minimum Gasteiger partial charge on any atom is -0.396 e. The molecule has 0 radical (unpaired) electrons. The van der Waals surface area contributed by atoms with Gasteiger partial charge in [0.25, 0.3) is 0 Å². The van der Waals surface area contributed by atoms with Gasteiger partial charge in [-0.3, -0.25) is 0 Å². The normalized spacial score (nSPS) is 11.7. The quantitative estimate of drug-likeness (QED) is 0.662. The zero-order valence-electron chi connectivity index (χ0n) is 12.0. The first-order valence-electron chi connectivity index (χ1n) is 6.74. The lowest BCUT2D eigenvalue weighted by Crippen LogP contribution is -2.16. The van der Waals surface area contributed by atoms with E-state index in [-0.39, 0.29) is 5.69 Å². The SMILES string of the molecule is Nc1cnn(-c2cc(-c3ccccc3Cl)ccc2F)c1C(F)(F)F. The Labute approximate surface area is 139 Å². The van der Waals surface area contributed by atoms with Crippen LogP contribution in [0.3, 0.4) is 0 Å². The van der Waals surface area contributed by atoms with E-state index in [2.05, 4.69) is 5.10 Å². The fourth-order valence-electron chi connectivity index (χ4n) is 2.37. The number of rotatable bonds is 2. The Balaban J connectivity index is 2.21. The van der Waals surface area contributed by atoms with Crippen LogP contribution in [0, 0.1) is 5.82 Å². The van der Waals surface area contributed by atoms with Gasteiger partial charge < -0.3 is 5.73 Å². The third-order valence-corrected chi connectivity index (χ3v) is 3.75. The van der Waals surface area contributed by atoms with Gasteiger partial charge in [-0.25, -0.2) is 9.07 Å². The molecule has 0 aliphatic rings. The molecule has 2 N–H and O–H groups in total. The number of hydrogen-bond donors (Lipinski definition) is 1. The van der Waals surface area contributed by atoms with Gasteiger partial charge >= 0.3 is 6.18 Å². The molecular weight excluding hydrogens is 346 g/mol. The van der Waals surface area contributed by atoms with Crippen molar-refractivity contribution >= 4 is 17.3 Å². The van der Waals surface area contributed by atoms with Gasteiger partial charge in [-0.2, -0.15) is 18.3 Å². The maximum atomic E-state index is 14.1. The van der Waals surface area contributed by atoms with Crippen molar-refractivity contribution in [1.82, 2.24) is 9.78 Å². The summed E-state index contributed by atoms with van der Waals surface area (Å²) in [7, 11) is 0. The molecule has 0 aliphatic heterocycles. The average Bonchev–Trinajstić information content (AvgIpc) is 2.90. The predicted octanol–water partition coefficient (Wildman–Crippen LogP) is 4.93. The number of nitrogens with zero attached hydrogens (tertiary/aromatic N) is 2. The molecule has 0 amide bonds. The number of aromatic nitrogens is 2. The largest absolute Gasteiger partial charge is 0.435 e. The molecule has 24 heavy (non-hydrogen) atoms. The number of nitrogens with two attached hydrogens (primary N) is 1. The monoisotopic (exact) mass is 355 g/mol. The van der Waals surface area contributed by atoms with Crippen LogP contribution in [0.2, 0.25) is 5.02 Å². The van der Waals surface area contributed by atoms with Gasteiger partial charge in [0.15, 0.2) is 5.69 Å². The molecular formula is C16H10ClF4N3. The van der Waals surface area contributed by atoms with E-state index in [0.717, 1.165) is 12.3 Å². The van der Waals surface area contributed by atoms with Gasteiger partial charge in [0, 0.05) is 10.6 Å². The van der Waals surface area contributed by atoms with Gasteiger partial charge in [-0.1, -0.05) is 35.9 Å². The van der Waals surface area contributed by atoms with E-state index in [1.54, 1.807) is 24.3 Å². The number of hydrogen-bond acceptors (Lipinski definition) is 2. The summed E-state index contributed by atoms with van der Waals surface area (Å²) in [6.07, 6.45) is -3.93. The minimum atomic E-state index is -4.77. The first-order chi connectivity index (χ1) is 11.3. The molecule has 3 rings (SSSR count). The highest BCUT2D eigenvalue weighted by molar-refractivity contribution is 6.33. The third kappa shape index (κ3) is 2.82. The van der Waals surface area contributed by atoms with E-state index >= 15 is 0 Å². The lowest BCUT2D eigenvalue weighted by molar-refractivity contribution is -0.142. The first kappa shape index (κ1) is 16.3. The Morgan fingerprint density at radius 2 is 1.79 bits per heavy atom. The maximum Gasteiger partial charge on any atom is 0.435 e. The van der Waals surface area contributed by atoms with E-state index < -0.39 is 23.4 Å². The topological polar surface area (TPSA) is 43.8 Å². The summed E-state index contributed by atoms with van der Waals surface area (Å²) < 4.78 is 54.1. The van der Waals surface area contributed by atoms with Crippen LogP contribution >= 0.6 is 11.6 Å². The molecule has 0 unspecified atom stereocenters. The van der Waals surface area contributed by atoms with Crippen LogP contribution in [0.15, 0.2) is 48.7 Å². The van der Waals surface area contributed by atoms with Crippen LogP contribution in [0.25, 0.3) is 16.8 Å². The maximum absolute atomic E-state index is 14.1. The highest BCUT2D eigenvalue weighted by atomic mass is 35.5. The molecule has 3 aromatic rings. The van der Waals surface area contributed by atoms with E-state index in [1.807, 2.05) is 0 Å². The second-order valence-corrected chi connectivity index (χ2v) is 5.41. The smallest absolute Gasteiger partial charge is 0.396 e. The summed E-state index contributed by atoms with van der Waals surface area (Å²) in [6, 6.07) is 10.5. The van der Waals surface area contributed by atoms with Crippen molar-refractivity contribution in [3.05, 3.63) is 65.2 Å². The molecule has 0 saturated carbocycles. The van der Waals surface area contributed by atoms with Gasteiger partial charge in [0.2, 0.25) is 0 Å². The number of anilines is 1. The molecule has 1 aromatic heterocycles. The second-order valence-electron chi connectivity index (χ2n) is 5.00. The fourth-order valence-corrected chi connectivity index (χ4v) is 2.61. The number of halogens is 5. The zero-order chi connectivity index (χ0) is 17.5. The second kappa shape index (κ2) is 5.83. The van der Waals surface area contributed by atoms with E-state index in [0.29, 0.717) is 20.8 Å². The first-order valence-corrected chi connectivity index (χ1v) is 7.12. The number of alkyl halides is 3. The molecule has 0 fully saturated rings. The highest BCUT2D eigenvalue weighted by Gasteiger charge is 2.38. The Hall–Kier alpha value is -2.54. The molecule has 3 nitrogen and oxygen atoms in total. The standard InChI is InChI=1S/C16H10ClF4N3/c17-11-4-2-1-3-10(11)9-5-6-12(18)14(7-9)24-15(16(19,20)21)13(22)8-23-24/h1-8H,22H2. The molecule has 1 heterocycles. The van der Waals surface area contributed by atoms with Crippen molar-refractivity contribution in [3.8, 4) is 16.8 Å². The number of benzene rings is 2. The predicted molar refractivity (Wildman–Crippen MR) is 83.4 cm³/mol. The molecule has 0 spiro atoms. The molecule has 0 saturated heterocycles.